The van der Waals surface area contributed by atoms with Crippen LogP contribution in [-0.2, 0) is 19.4 Å². The summed E-state index contributed by atoms with van der Waals surface area (Å²) in [6.45, 7) is 3.46. The van der Waals surface area contributed by atoms with Crippen LogP contribution in [0.25, 0.3) is 0 Å². The van der Waals surface area contributed by atoms with Crippen LogP contribution in [0, 0.1) is 0 Å². The molecule has 0 unspecified atom stereocenters. The highest BCUT2D eigenvalue weighted by Crippen LogP contribution is 2.32. The normalized spacial score (nSPS) is 21.8. The number of methoxy groups -OCH3 is 1. The van der Waals surface area contributed by atoms with E-state index in [-0.39, 0.29) is 0 Å². The molecule has 1 aliphatic rings. The van der Waals surface area contributed by atoms with Crippen molar-refractivity contribution in [3.05, 3.63) is 0 Å². The molecule has 96 valence electrons. The molecule has 1 rings (SSSR count). The Kier molecular flexibility index (Phi) is 5.14. The fraction of sp³-hybridized carbons (Fsp3) is 1.00. The lowest BCUT2D eigenvalue weighted by Crippen LogP contribution is -2.39. The van der Waals surface area contributed by atoms with Crippen LogP contribution < -0.4 is 0 Å². The van der Waals surface area contributed by atoms with Gasteiger partial charge in [-0.25, -0.2) is 10.1 Å². The lowest BCUT2D eigenvalue weighted by atomic mass is 10.1. The van der Waals surface area contributed by atoms with E-state index < -0.39 is 11.6 Å². The second-order valence-corrected chi connectivity index (χ2v) is 4.69. The molecule has 0 saturated heterocycles. The van der Waals surface area contributed by atoms with Crippen LogP contribution in [0.1, 0.15) is 52.4 Å². The molecule has 1 aliphatic carbocycles. The third-order valence-corrected chi connectivity index (χ3v) is 2.92. The molecule has 1 fully saturated rings. The molecule has 0 aromatic heterocycles. The lowest BCUT2D eigenvalue weighted by Gasteiger charge is -2.31. The summed E-state index contributed by atoms with van der Waals surface area (Å²) in [4.78, 5) is 14.9. The molecule has 0 amide bonds. The van der Waals surface area contributed by atoms with Crippen molar-refractivity contribution in [1.29, 1.82) is 0 Å². The van der Waals surface area contributed by atoms with Gasteiger partial charge in [0.1, 0.15) is 0 Å². The molecular formula is C11H22O5. The average Bonchev–Trinajstić information content (AvgIpc) is 2.53. The zero-order chi connectivity index (χ0) is 12.1. The van der Waals surface area contributed by atoms with E-state index in [1.807, 2.05) is 0 Å². The fourth-order valence-electron chi connectivity index (χ4n) is 1.67. The van der Waals surface area contributed by atoms with Crippen molar-refractivity contribution in [2.45, 2.75) is 63.9 Å². The maximum absolute atomic E-state index is 8.99. The average molecular weight is 234 g/mol. The van der Waals surface area contributed by atoms with Crippen molar-refractivity contribution in [3.63, 3.8) is 0 Å². The largest absolute Gasteiger partial charge is 0.351 e. The van der Waals surface area contributed by atoms with Crippen LogP contribution in [-0.4, -0.2) is 23.9 Å². The van der Waals surface area contributed by atoms with Gasteiger partial charge in [0.2, 0.25) is 5.79 Å². The minimum absolute atomic E-state index is 0.628. The number of hydrogen-bond donors (Lipinski definition) is 1. The summed E-state index contributed by atoms with van der Waals surface area (Å²) in [5.74, 6) is -1.88. The van der Waals surface area contributed by atoms with Crippen molar-refractivity contribution in [2.75, 3.05) is 7.11 Å². The van der Waals surface area contributed by atoms with Crippen LogP contribution in [0.2, 0.25) is 0 Å². The summed E-state index contributed by atoms with van der Waals surface area (Å²) in [5, 5.41) is 8.99. The molecule has 0 radical (unpaired) electrons. The van der Waals surface area contributed by atoms with E-state index in [4.69, 9.17) is 19.8 Å². The number of hydrogen-bond acceptors (Lipinski definition) is 5. The van der Waals surface area contributed by atoms with Crippen LogP contribution in [0.3, 0.4) is 0 Å². The van der Waals surface area contributed by atoms with E-state index in [0.717, 1.165) is 25.7 Å². The maximum Gasteiger partial charge on any atom is 0.233 e. The van der Waals surface area contributed by atoms with Gasteiger partial charge >= 0.3 is 0 Å². The Labute approximate surface area is 96.5 Å². The monoisotopic (exact) mass is 234 g/mol. The second-order valence-electron chi connectivity index (χ2n) is 4.69. The fourth-order valence-corrected chi connectivity index (χ4v) is 1.67. The first-order valence-electron chi connectivity index (χ1n) is 5.78. The Morgan fingerprint density at radius 2 is 1.62 bits per heavy atom. The summed E-state index contributed by atoms with van der Waals surface area (Å²) >= 11 is 0. The highest BCUT2D eigenvalue weighted by molar-refractivity contribution is 4.71. The Hall–Kier alpha value is -0.200. The van der Waals surface area contributed by atoms with Gasteiger partial charge in [0, 0.05) is 20.0 Å². The van der Waals surface area contributed by atoms with Gasteiger partial charge in [0.25, 0.3) is 0 Å². The quantitative estimate of drug-likeness (QED) is 0.343. The molecule has 0 atom stereocenters. The van der Waals surface area contributed by atoms with Gasteiger partial charge in [-0.2, -0.15) is 9.78 Å². The van der Waals surface area contributed by atoms with Crippen molar-refractivity contribution in [3.8, 4) is 0 Å². The lowest BCUT2D eigenvalue weighted by molar-refractivity contribution is -0.541. The standard InChI is InChI=1S/C11H22O5/c1-10(2,13-3)15-16-11(14-12)8-6-4-5-7-9-11/h12H,4-9H2,1-3H3. The summed E-state index contributed by atoms with van der Waals surface area (Å²) in [5.41, 5.74) is 0. The molecule has 0 heterocycles. The summed E-state index contributed by atoms with van der Waals surface area (Å²) in [6.07, 6.45) is 5.42. The smallest absolute Gasteiger partial charge is 0.233 e. The molecule has 0 aliphatic heterocycles. The van der Waals surface area contributed by atoms with Crippen molar-refractivity contribution in [2.24, 2.45) is 0 Å². The predicted molar refractivity (Wildman–Crippen MR) is 57.4 cm³/mol. The minimum atomic E-state index is -1.04. The summed E-state index contributed by atoms with van der Waals surface area (Å²) < 4.78 is 5.07. The molecule has 0 aromatic rings. The van der Waals surface area contributed by atoms with Gasteiger partial charge in [0.15, 0.2) is 5.79 Å². The van der Waals surface area contributed by atoms with Gasteiger partial charge < -0.3 is 4.74 Å². The third-order valence-electron chi connectivity index (χ3n) is 2.92. The van der Waals surface area contributed by atoms with E-state index in [9.17, 15) is 0 Å². The van der Waals surface area contributed by atoms with Crippen LogP contribution in [0.15, 0.2) is 0 Å². The van der Waals surface area contributed by atoms with Gasteiger partial charge in [-0.3, -0.25) is 0 Å². The van der Waals surface area contributed by atoms with Gasteiger partial charge in [-0.05, 0) is 26.7 Å². The molecule has 1 saturated carbocycles. The Balaban J connectivity index is 2.51. The van der Waals surface area contributed by atoms with E-state index in [1.165, 1.54) is 7.11 Å². The van der Waals surface area contributed by atoms with Crippen molar-refractivity contribution in [1.82, 2.24) is 0 Å². The summed E-state index contributed by atoms with van der Waals surface area (Å²) in [7, 11) is 1.53. The van der Waals surface area contributed by atoms with Gasteiger partial charge in [-0.15, -0.1) is 0 Å². The Bertz CT molecular complexity index is 197. The van der Waals surface area contributed by atoms with Crippen LogP contribution >= 0.6 is 0 Å². The zero-order valence-electron chi connectivity index (χ0n) is 10.3. The van der Waals surface area contributed by atoms with E-state index in [2.05, 4.69) is 4.89 Å². The third kappa shape index (κ3) is 3.99. The first-order valence-corrected chi connectivity index (χ1v) is 5.78. The molecular weight excluding hydrogens is 212 g/mol. The van der Waals surface area contributed by atoms with Gasteiger partial charge in [0.05, 0.1) is 0 Å². The van der Waals surface area contributed by atoms with Gasteiger partial charge in [-0.1, -0.05) is 12.8 Å². The highest BCUT2D eigenvalue weighted by Gasteiger charge is 2.37. The molecule has 16 heavy (non-hydrogen) atoms. The Morgan fingerprint density at radius 1 is 1.06 bits per heavy atom. The zero-order valence-corrected chi connectivity index (χ0v) is 10.3. The van der Waals surface area contributed by atoms with Crippen molar-refractivity contribution < 1.29 is 24.7 Å². The molecule has 0 aromatic carbocycles. The molecule has 1 N–H and O–H groups in total. The first-order chi connectivity index (χ1) is 7.54. The van der Waals surface area contributed by atoms with E-state index in [0.29, 0.717) is 12.8 Å². The first kappa shape index (κ1) is 13.9. The van der Waals surface area contributed by atoms with E-state index >= 15 is 0 Å². The second kappa shape index (κ2) is 5.93. The number of rotatable bonds is 5. The van der Waals surface area contributed by atoms with Crippen molar-refractivity contribution >= 4 is 0 Å². The molecule has 5 nitrogen and oxygen atoms in total. The van der Waals surface area contributed by atoms with E-state index in [1.54, 1.807) is 13.8 Å². The molecule has 5 heteroatoms. The van der Waals surface area contributed by atoms with Crippen LogP contribution in [0.5, 0.6) is 0 Å². The summed E-state index contributed by atoms with van der Waals surface area (Å²) in [6, 6.07) is 0. The highest BCUT2D eigenvalue weighted by atomic mass is 17.3. The number of ether oxygens (including phenoxy) is 1. The SMILES string of the molecule is COC(C)(C)OOC1(OO)CCCCCC1. The maximum atomic E-state index is 8.99. The minimum Gasteiger partial charge on any atom is -0.351 e. The van der Waals surface area contributed by atoms with Crippen LogP contribution in [0.4, 0.5) is 0 Å². The Morgan fingerprint density at radius 3 is 2.06 bits per heavy atom. The predicted octanol–water partition coefficient (Wildman–Crippen LogP) is 2.86. The topological polar surface area (TPSA) is 57.2 Å². The molecule has 0 spiro atoms. The molecule has 0 bridgehead atoms.